The molecule has 1 aromatic heterocycles. The highest BCUT2D eigenvalue weighted by molar-refractivity contribution is 8.06. The van der Waals surface area contributed by atoms with Crippen LogP contribution in [0.4, 0.5) is 13.2 Å². The summed E-state index contributed by atoms with van der Waals surface area (Å²) in [6, 6.07) is 0. The van der Waals surface area contributed by atoms with Crippen LogP contribution in [0.3, 0.4) is 0 Å². The number of alkyl halides is 3. The van der Waals surface area contributed by atoms with Crippen molar-refractivity contribution in [2.24, 2.45) is 0 Å². The van der Waals surface area contributed by atoms with Gasteiger partial charge in [-0.2, -0.15) is 29.9 Å². The van der Waals surface area contributed by atoms with Crippen LogP contribution in [0.2, 0.25) is 0 Å². The summed E-state index contributed by atoms with van der Waals surface area (Å²) in [6.07, 6.45) is -4.22. The highest BCUT2D eigenvalue weighted by Crippen LogP contribution is 2.35. The molecule has 0 amide bonds. The van der Waals surface area contributed by atoms with E-state index >= 15 is 0 Å². The Labute approximate surface area is 110 Å². The minimum Gasteiger partial charge on any atom is -0.338 e. The molecule has 0 aliphatic carbocycles. The topological polar surface area (TPSA) is 51.0 Å². The van der Waals surface area contributed by atoms with Crippen LogP contribution in [0.15, 0.2) is 4.52 Å². The van der Waals surface area contributed by atoms with Crippen molar-refractivity contribution in [3.63, 3.8) is 0 Å². The highest BCUT2D eigenvalue weighted by atomic mass is 32.2. The first-order valence-corrected chi connectivity index (χ1v) is 7.54. The maximum atomic E-state index is 11.9. The predicted octanol–water partition coefficient (Wildman–Crippen LogP) is 2.24. The van der Waals surface area contributed by atoms with Gasteiger partial charge in [0.05, 0.1) is 18.3 Å². The third kappa shape index (κ3) is 4.36. The Bertz CT molecular complexity index is 379. The van der Waals surface area contributed by atoms with Gasteiger partial charge < -0.3 is 9.84 Å². The van der Waals surface area contributed by atoms with E-state index in [-0.39, 0.29) is 17.7 Å². The number of halogens is 3. The molecule has 0 aromatic carbocycles. The highest BCUT2D eigenvalue weighted by Gasteiger charge is 2.27. The zero-order chi connectivity index (χ0) is 13.0. The Morgan fingerprint density at radius 1 is 1.39 bits per heavy atom. The van der Waals surface area contributed by atoms with Crippen LogP contribution < -0.4 is 5.32 Å². The van der Waals surface area contributed by atoms with Gasteiger partial charge in [0.2, 0.25) is 5.89 Å². The Morgan fingerprint density at radius 3 is 2.89 bits per heavy atom. The molecule has 1 saturated heterocycles. The van der Waals surface area contributed by atoms with Gasteiger partial charge in [-0.05, 0) is 0 Å². The van der Waals surface area contributed by atoms with Crippen molar-refractivity contribution < 1.29 is 17.7 Å². The molecule has 1 atom stereocenters. The predicted molar refractivity (Wildman–Crippen MR) is 64.6 cm³/mol. The number of nitrogens with one attached hydrogen (secondary N) is 1. The van der Waals surface area contributed by atoms with Crippen LogP contribution in [-0.4, -0.2) is 40.1 Å². The van der Waals surface area contributed by atoms with Gasteiger partial charge in [-0.1, -0.05) is 5.16 Å². The van der Waals surface area contributed by atoms with Gasteiger partial charge in [0.25, 0.3) is 0 Å². The lowest BCUT2D eigenvalue weighted by Gasteiger charge is -2.16. The van der Waals surface area contributed by atoms with Crippen LogP contribution in [-0.2, 0) is 6.54 Å². The lowest BCUT2D eigenvalue weighted by Crippen LogP contribution is -2.28. The fourth-order valence-corrected chi connectivity index (χ4v) is 4.01. The smallest absolute Gasteiger partial charge is 0.338 e. The van der Waals surface area contributed by atoms with Crippen LogP contribution in [0, 0.1) is 0 Å². The number of nitrogens with zero attached hydrogens (tertiary/aromatic N) is 2. The number of rotatable bonds is 4. The van der Waals surface area contributed by atoms with E-state index in [2.05, 4.69) is 15.5 Å². The van der Waals surface area contributed by atoms with Crippen molar-refractivity contribution in [3.8, 4) is 0 Å². The molecule has 1 aliphatic heterocycles. The van der Waals surface area contributed by atoms with Gasteiger partial charge in [0, 0.05) is 17.3 Å². The third-order valence-corrected chi connectivity index (χ3v) is 4.94. The molecule has 2 heterocycles. The monoisotopic (exact) mass is 299 g/mol. The lowest BCUT2D eigenvalue weighted by molar-refractivity contribution is -0.125. The molecule has 1 N–H and O–H groups in total. The molecule has 2 rings (SSSR count). The summed E-state index contributed by atoms with van der Waals surface area (Å²) >= 11 is 3.57. The lowest BCUT2D eigenvalue weighted by atomic mass is 10.4. The van der Waals surface area contributed by atoms with Gasteiger partial charge in [0.1, 0.15) is 0 Å². The molecule has 0 radical (unpaired) electrons. The van der Waals surface area contributed by atoms with Crippen LogP contribution in [0.1, 0.15) is 17.0 Å². The van der Waals surface area contributed by atoms with E-state index < -0.39 is 12.7 Å². The molecule has 0 spiro atoms. The van der Waals surface area contributed by atoms with Gasteiger partial charge >= 0.3 is 6.18 Å². The second-order valence-corrected chi connectivity index (χ2v) is 6.16. The summed E-state index contributed by atoms with van der Waals surface area (Å²) < 4.78 is 40.7. The SMILES string of the molecule is FC(F)(F)CNCc1nc(C2CSCCS2)no1. The molecule has 18 heavy (non-hydrogen) atoms. The van der Waals surface area contributed by atoms with Crippen molar-refractivity contribution in [2.45, 2.75) is 18.0 Å². The van der Waals surface area contributed by atoms with E-state index in [1.54, 1.807) is 11.8 Å². The minimum absolute atomic E-state index is 0.0585. The molecule has 9 heteroatoms. The van der Waals surface area contributed by atoms with Crippen molar-refractivity contribution in [1.29, 1.82) is 0 Å². The fourth-order valence-electron chi connectivity index (χ4n) is 1.42. The van der Waals surface area contributed by atoms with Crippen molar-refractivity contribution in [1.82, 2.24) is 15.5 Å². The number of thioether (sulfide) groups is 2. The van der Waals surface area contributed by atoms with Crippen molar-refractivity contribution in [2.75, 3.05) is 23.8 Å². The van der Waals surface area contributed by atoms with Gasteiger partial charge in [-0.25, -0.2) is 0 Å². The maximum Gasteiger partial charge on any atom is 0.401 e. The Hall–Kier alpha value is -0.410. The average Bonchev–Trinajstić information content (AvgIpc) is 2.77. The summed E-state index contributed by atoms with van der Waals surface area (Å²) in [5.74, 6) is 3.84. The number of aromatic nitrogens is 2. The van der Waals surface area contributed by atoms with E-state index in [1.807, 2.05) is 11.8 Å². The standard InChI is InChI=1S/C9H12F3N3OS2/c10-9(11,12)5-13-3-7-14-8(15-16-7)6-4-17-1-2-18-6/h6,13H,1-5H2. The van der Waals surface area contributed by atoms with Crippen LogP contribution in [0.5, 0.6) is 0 Å². The molecular formula is C9H12F3N3OS2. The van der Waals surface area contributed by atoms with Gasteiger partial charge in [0.15, 0.2) is 5.82 Å². The first-order chi connectivity index (χ1) is 8.54. The Balaban J connectivity index is 1.82. The third-order valence-electron chi connectivity index (χ3n) is 2.19. The quantitative estimate of drug-likeness (QED) is 0.920. The van der Waals surface area contributed by atoms with E-state index in [1.165, 1.54) is 0 Å². The zero-order valence-corrected chi connectivity index (χ0v) is 11.0. The molecule has 0 bridgehead atoms. The van der Waals surface area contributed by atoms with Crippen molar-refractivity contribution >= 4 is 23.5 Å². The fraction of sp³-hybridized carbons (Fsp3) is 0.778. The normalized spacial score (nSPS) is 21.2. The summed E-state index contributed by atoms with van der Waals surface area (Å²) in [4.78, 5) is 4.11. The first-order valence-electron chi connectivity index (χ1n) is 5.34. The van der Waals surface area contributed by atoms with Crippen molar-refractivity contribution in [3.05, 3.63) is 11.7 Å². The van der Waals surface area contributed by atoms with Crippen LogP contribution in [0.25, 0.3) is 0 Å². The molecule has 1 aliphatic rings. The molecule has 102 valence electrons. The van der Waals surface area contributed by atoms with E-state index in [0.717, 1.165) is 17.3 Å². The molecular weight excluding hydrogens is 287 g/mol. The molecule has 0 saturated carbocycles. The second kappa shape index (κ2) is 6.16. The second-order valence-electron chi connectivity index (χ2n) is 3.70. The molecule has 4 nitrogen and oxygen atoms in total. The zero-order valence-electron chi connectivity index (χ0n) is 9.37. The maximum absolute atomic E-state index is 11.9. The van der Waals surface area contributed by atoms with E-state index in [9.17, 15) is 13.2 Å². The van der Waals surface area contributed by atoms with Crippen LogP contribution >= 0.6 is 23.5 Å². The summed E-state index contributed by atoms with van der Waals surface area (Å²) in [5.41, 5.74) is 0. The summed E-state index contributed by atoms with van der Waals surface area (Å²) in [6.45, 7) is -1.12. The van der Waals surface area contributed by atoms with E-state index in [0.29, 0.717) is 5.82 Å². The summed E-state index contributed by atoms with van der Waals surface area (Å²) in [5, 5.41) is 6.22. The average molecular weight is 299 g/mol. The molecule has 1 unspecified atom stereocenters. The number of hydrogen-bond acceptors (Lipinski definition) is 6. The Morgan fingerprint density at radius 2 is 2.22 bits per heavy atom. The summed E-state index contributed by atoms with van der Waals surface area (Å²) in [7, 11) is 0. The van der Waals surface area contributed by atoms with Gasteiger partial charge in [-0.15, -0.1) is 11.8 Å². The molecule has 1 aromatic rings. The van der Waals surface area contributed by atoms with Gasteiger partial charge in [-0.3, -0.25) is 0 Å². The minimum atomic E-state index is -4.22. The van der Waals surface area contributed by atoms with E-state index in [4.69, 9.17) is 4.52 Å². The largest absolute Gasteiger partial charge is 0.401 e. The number of hydrogen-bond donors (Lipinski definition) is 1. The first kappa shape index (κ1) is 14.0. The molecule has 1 fully saturated rings. The Kier molecular flexibility index (Phi) is 4.79.